The average Bonchev–Trinajstić information content (AvgIpc) is 3.20. The van der Waals surface area contributed by atoms with Gasteiger partial charge in [-0.3, -0.25) is 9.97 Å². The Morgan fingerprint density at radius 1 is 1.11 bits per heavy atom. The van der Waals surface area contributed by atoms with Crippen molar-refractivity contribution in [1.82, 2.24) is 24.8 Å². The Hall–Kier alpha value is -2.73. The number of likely N-dealkylation sites (N-methyl/N-ethyl adjacent to an activating group) is 1. The van der Waals surface area contributed by atoms with Crippen molar-refractivity contribution >= 4 is 17.3 Å². The fraction of sp³-hybridized carbons (Fsp3) is 0.318. The Kier molecular flexibility index (Phi) is 5.13. The zero-order chi connectivity index (χ0) is 19.7. The number of aryl methyl sites for hydroxylation is 1. The maximum atomic E-state index is 5.65. The molecule has 144 valence electrons. The minimum absolute atomic E-state index is 0.0449. The Balaban J connectivity index is 1.75. The van der Waals surface area contributed by atoms with Gasteiger partial charge in [0.15, 0.2) is 5.11 Å². The molecular formula is C22H25N5S. The van der Waals surface area contributed by atoms with E-state index in [1.165, 1.54) is 22.5 Å². The van der Waals surface area contributed by atoms with Gasteiger partial charge in [-0.25, -0.2) is 0 Å². The molecule has 0 aromatic carbocycles. The number of nitrogens with one attached hydrogen (secondary N) is 1. The summed E-state index contributed by atoms with van der Waals surface area (Å²) >= 11 is 5.65. The summed E-state index contributed by atoms with van der Waals surface area (Å²) in [5, 5.41) is 4.30. The van der Waals surface area contributed by atoms with Gasteiger partial charge in [0, 0.05) is 43.1 Å². The lowest BCUT2D eigenvalue weighted by molar-refractivity contribution is 0.329. The molecule has 4 rings (SSSR count). The van der Waals surface area contributed by atoms with E-state index in [0.29, 0.717) is 0 Å². The standard InChI is InChI=1S/C22H25N5S/c1-4-26-21(20(25-22(26)28)19-7-5-6-10-24-19)18-13-15(2)27(16(18)3)14-17-8-11-23-12-9-17/h5-13,20-21H,4,14H2,1-3H3,(H,25,28)/t20-,21+/m0/s1. The number of aromatic nitrogens is 3. The van der Waals surface area contributed by atoms with Crippen LogP contribution < -0.4 is 5.32 Å². The second kappa shape index (κ2) is 7.72. The van der Waals surface area contributed by atoms with E-state index < -0.39 is 0 Å². The van der Waals surface area contributed by atoms with E-state index >= 15 is 0 Å². The molecule has 3 aromatic heterocycles. The van der Waals surface area contributed by atoms with Crippen molar-refractivity contribution < 1.29 is 0 Å². The zero-order valence-corrected chi connectivity index (χ0v) is 17.3. The highest BCUT2D eigenvalue weighted by Crippen LogP contribution is 2.40. The molecule has 1 aliphatic heterocycles. The van der Waals surface area contributed by atoms with Gasteiger partial charge >= 0.3 is 0 Å². The van der Waals surface area contributed by atoms with E-state index in [4.69, 9.17) is 12.2 Å². The number of pyridine rings is 2. The molecule has 2 atom stereocenters. The molecule has 0 amide bonds. The maximum Gasteiger partial charge on any atom is 0.170 e. The first kappa shape index (κ1) is 18.6. The van der Waals surface area contributed by atoms with E-state index in [9.17, 15) is 0 Å². The first-order valence-corrected chi connectivity index (χ1v) is 10.0. The normalized spacial score (nSPS) is 19.1. The highest BCUT2D eigenvalue weighted by molar-refractivity contribution is 7.80. The minimum Gasteiger partial charge on any atom is -0.352 e. The smallest absolute Gasteiger partial charge is 0.170 e. The topological polar surface area (TPSA) is 46.0 Å². The first-order chi connectivity index (χ1) is 13.6. The SMILES string of the molecule is CCN1C(=S)N[C@@H](c2ccccn2)[C@H]1c1cc(C)n(Cc2ccncc2)c1C. The van der Waals surface area contributed by atoms with E-state index in [2.05, 4.69) is 69.8 Å². The Bertz CT molecular complexity index is 967. The summed E-state index contributed by atoms with van der Waals surface area (Å²) in [6, 6.07) is 12.7. The summed E-state index contributed by atoms with van der Waals surface area (Å²) in [5.41, 5.74) is 6.08. The number of hydrogen-bond donors (Lipinski definition) is 1. The minimum atomic E-state index is 0.0449. The lowest BCUT2D eigenvalue weighted by Gasteiger charge is -2.27. The van der Waals surface area contributed by atoms with Crippen LogP contribution in [0.4, 0.5) is 0 Å². The van der Waals surface area contributed by atoms with Crippen molar-refractivity contribution in [2.24, 2.45) is 0 Å². The Morgan fingerprint density at radius 3 is 2.57 bits per heavy atom. The zero-order valence-electron chi connectivity index (χ0n) is 16.5. The summed E-state index contributed by atoms with van der Waals surface area (Å²) in [4.78, 5) is 11.0. The summed E-state index contributed by atoms with van der Waals surface area (Å²) in [6.07, 6.45) is 5.54. The molecule has 1 saturated heterocycles. The third-order valence-electron chi connectivity index (χ3n) is 5.56. The van der Waals surface area contributed by atoms with Gasteiger partial charge in [-0.1, -0.05) is 6.07 Å². The van der Waals surface area contributed by atoms with Gasteiger partial charge < -0.3 is 14.8 Å². The van der Waals surface area contributed by atoms with Gasteiger partial charge in [0.25, 0.3) is 0 Å². The third-order valence-corrected chi connectivity index (χ3v) is 5.91. The van der Waals surface area contributed by atoms with Gasteiger partial charge in [-0.05, 0) is 74.4 Å². The second-order valence-corrected chi connectivity index (χ2v) is 7.57. The van der Waals surface area contributed by atoms with E-state index in [1.807, 2.05) is 30.7 Å². The lowest BCUT2D eigenvalue weighted by Crippen LogP contribution is -2.29. The van der Waals surface area contributed by atoms with Crippen molar-refractivity contribution in [1.29, 1.82) is 0 Å². The fourth-order valence-corrected chi connectivity index (χ4v) is 4.50. The van der Waals surface area contributed by atoms with E-state index in [1.54, 1.807) is 0 Å². The van der Waals surface area contributed by atoms with E-state index in [0.717, 1.165) is 23.9 Å². The predicted molar refractivity (Wildman–Crippen MR) is 115 cm³/mol. The molecule has 0 aliphatic carbocycles. The number of thiocarbonyl (C=S) groups is 1. The predicted octanol–water partition coefficient (Wildman–Crippen LogP) is 3.94. The molecule has 0 bridgehead atoms. The average molecular weight is 392 g/mol. The first-order valence-electron chi connectivity index (χ1n) is 9.63. The fourth-order valence-electron chi connectivity index (χ4n) is 4.13. The van der Waals surface area contributed by atoms with Crippen LogP contribution >= 0.6 is 12.2 Å². The van der Waals surface area contributed by atoms with Crippen molar-refractivity contribution in [3.05, 3.63) is 83.2 Å². The summed E-state index contributed by atoms with van der Waals surface area (Å²) in [5.74, 6) is 0. The molecule has 0 unspecified atom stereocenters. The Labute approximate surface area is 171 Å². The van der Waals surface area contributed by atoms with Crippen LogP contribution in [0.25, 0.3) is 0 Å². The maximum absolute atomic E-state index is 5.65. The summed E-state index contributed by atoms with van der Waals surface area (Å²) < 4.78 is 2.37. The summed E-state index contributed by atoms with van der Waals surface area (Å²) in [6.45, 7) is 8.22. The molecule has 3 aromatic rings. The van der Waals surface area contributed by atoms with Crippen molar-refractivity contribution in [2.45, 2.75) is 39.4 Å². The molecule has 0 spiro atoms. The summed E-state index contributed by atoms with van der Waals surface area (Å²) in [7, 11) is 0. The van der Waals surface area contributed by atoms with Crippen LogP contribution in [0.3, 0.4) is 0 Å². The Morgan fingerprint density at radius 2 is 1.89 bits per heavy atom. The van der Waals surface area contributed by atoms with Crippen LogP contribution in [0.5, 0.6) is 0 Å². The van der Waals surface area contributed by atoms with Crippen molar-refractivity contribution in [3.63, 3.8) is 0 Å². The second-order valence-electron chi connectivity index (χ2n) is 7.18. The molecule has 0 radical (unpaired) electrons. The van der Waals surface area contributed by atoms with Crippen molar-refractivity contribution in [3.8, 4) is 0 Å². The highest BCUT2D eigenvalue weighted by atomic mass is 32.1. The molecule has 0 saturated carbocycles. The molecule has 6 heteroatoms. The van der Waals surface area contributed by atoms with Crippen LogP contribution in [-0.2, 0) is 6.54 Å². The van der Waals surface area contributed by atoms with E-state index in [-0.39, 0.29) is 12.1 Å². The van der Waals surface area contributed by atoms with Gasteiger partial charge in [0.1, 0.15) is 0 Å². The molecular weight excluding hydrogens is 366 g/mol. The largest absolute Gasteiger partial charge is 0.352 e. The van der Waals surface area contributed by atoms with Gasteiger partial charge in [0.2, 0.25) is 0 Å². The lowest BCUT2D eigenvalue weighted by atomic mass is 9.97. The van der Waals surface area contributed by atoms with Crippen LogP contribution in [-0.4, -0.2) is 31.1 Å². The van der Waals surface area contributed by atoms with Crippen LogP contribution in [0.2, 0.25) is 0 Å². The highest BCUT2D eigenvalue weighted by Gasteiger charge is 2.40. The number of rotatable bonds is 5. The van der Waals surface area contributed by atoms with Gasteiger partial charge in [0.05, 0.1) is 17.8 Å². The monoisotopic (exact) mass is 391 g/mol. The van der Waals surface area contributed by atoms with Crippen LogP contribution in [0.1, 0.15) is 47.2 Å². The number of hydrogen-bond acceptors (Lipinski definition) is 3. The van der Waals surface area contributed by atoms with Crippen LogP contribution in [0.15, 0.2) is 55.0 Å². The quantitative estimate of drug-likeness (QED) is 0.668. The molecule has 1 N–H and O–H groups in total. The van der Waals surface area contributed by atoms with Crippen molar-refractivity contribution in [2.75, 3.05) is 6.54 Å². The number of nitrogens with zero attached hydrogens (tertiary/aromatic N) is 4. The molecule has 1 fully saturated rings. The van der Waals surface area contributed by atoms with Gasteiger partial charge in [-0.2, -0.15) is 0 Å². The molecule has 5 nitrogen and oxygen atoms in total. The molecule has 1 aliphatic rings. The van der Waals surface area contributed by atoms with Crippen LogP contribution in [0, 0.1) is 13.8 Å². The molecule has 4 heterocycles. The molecule has 28 heavy (non-hydrogen) atoms. The third kappa shape index (κ3) is 3.29. The van der Waals surface area contributed by atoms with Gasteiger partial charge in [-0.15, -0.1) is 0 Å².